The van der Waals surface area contributed by atoms with Gasteiger partial charge in [-0.1, -0.05) is 6.07 Å². The second-order valence-electron chi connectivity index (χ2n) is 3.68. The molecule has 0 bridgehead atoms. The van der Waals surface area contributed by atoms with Gasteiger partial charge < -0.3 is 20.9 Å². The van der Waals surface area contributed by atoms with Gasteiger partial charge in [-0.25, -0.2) is 0 Å². The fraction of sp³-hybridized carbons (Fsp3) is 0.364. The summed E-state index contributed by atoms with van der Waals surface area (Å²) in [6.45, 7) is 1.08. The van der Waals surface area contributed by atoms with E-state index < -0.39 is 11.9 Å². The van der Waals surface area contributed by atoms with Crippen molar-refractivity contribution >= 4 is 5.91 Å². The molecule has 1 amide bonds. The maximum absolute atomic E-state index is 10.8. The molecule has 4 N–H and O–H groups in total. The Morgan fingerprint density at radius 3 is 2.69 bits per heavy atom. The van der Waals surface area contributed by atoms with E-state index in [9.17, 15) is 4.79 Å². The maximum atomic E-state index is 10.8. The van der Waals surface area contributed by atoms with Crippen molar-refractivity contribution in [3.8, 4) is 11.5 Å². The van der Waals surface area contributed by atoms with Crippen molar-refractivity contribution in [1.29, 1.82) is 0 Å². The summed E-state index contributed by atoms with van der Waals surface area (Å²) in [6.07, 6.45) is 0.125. The van der Waals surface area contributed by atoms with Gasteiger partial charge in [0, 0.05) is 12.5 Å². The van der Waals surface area contributed by atoms with Crippen LogP contribution in [0.25, 0.3) is 0 Å². The number of primary amides is 1. The van der Waals surface area contributed by atoms with Crippen molar-refractivity contribution in [3.05, 3.63) is 23.8 Å². The summed E-state index contributed by atoms with van der Waals surface area (Å²) in [6, 6.07) is 5.02. The molecule has 5 nitrogen and oxygen atoms in total. The van der Waals surface area contributed by atoms with E-state index in [1.165, 1.54) is 0 Å². The first-order valence-electron chi connectivity index (χ1n) is 5.10. The van der Waals surface area contributed by atoms with Crippen molar-refractivity contribution < 1.29 is 14.3 Å². The van der Waals surface area contributed by atoms with E-state index in [-0.39, 0.29) is 6.42 Å². The molecule has 1 atom stereocenters. The molecular formula is C11H14N2O3. The van der Waals surface area contributed by atoms with Crippen LogP contribution >= 0.6 is 0 Å². The largest absolute Gasteiger partial charge is 0.486 e. The standard InChI is InChI=1S/C11H14N2O3/c12-8(6-11(13)14)7-1-2-9-10(5-7)16-4-3-15-9/h1-2,5,8H,3-4,6,12H2,(H2,13,14)/t8-/m1/s1. The van der Waals surface area contributed by atoms with Crippen LogP contribution in [0.5, 0.6) is 11.5 Å². The molecule has 0 saturated heterocycles. The third kappa shape index (κ3) is 2.25. The predicted molar refractivity (Wildman–Crippen MR) is 58.2 cm³/mol. The zero-order chi connectivity index (χ0) is 11.5. The summed E-state index contributed by atoms with van der Waals surface area (Å²) >= 11 is 0. The molecule has 0 aliphatic carbocycles. The van der Waals surface area contributed by atoms with Gasteiger partial charge in [0.15, 0.2) is 11.5 Å². The normalized spacial score (nSPS) is 15.6. The van der Waals surface area contributed by atoms with Crippen molar-refractivity contribution in [2.45, 2.75) is 12.5 Å². The second kappa shape index (κ2) is 4.40. The Balaban J connectivity index is 2.19. The molecule has 5 heteroatoms. The molecule has 1 aliphatic heterocycles. The van der Waals surface area contributed by atoms with E-state index >= 15 is 0 Å². The third-order valence-electron chi connectivity index (χ3n) is 2.42. The molecule has 1 heterocycles. The Hall–Kier alpha value is -1.75. The van der Waals surface area contributed by atoms with Crippen LogP contribution < -0.4 is 20.9 Å². The van der Waals surface area contributed by atoms with Crippen LogP contribution in [-0.4, -0.2) is 19.1 Å². The van der Waals surface area contributed by atoms with Crippen LogP contribution in [0, 0.1) is 0 Å². The number of ether oxygens (including phenoxy) is 2. The lowest BCUT2D eigenvalue weighted by Gasteiger charge is -2.20. The van der Waals surface area contributed by atoms with Gasteiger partial charge >= 0.3 is 0 Å². The lowest BCUT2D eigenvalue weighted by molar-refractivity contribution is -0.118. The topological polar surface area (TPSA) is 87.6 Å². The maximum Gasteiger partial charge on any atom is 0.219 e. The van der Waals surface area contributed by atoms with E-state index in [1.54, 1.807) is 12.1 Å². The molecule has 2 rings (SSSR count). The van der Waals surface area contributed by atoms with E-state index in [4.69, 9.17) is 20.9 Å². The summed E-state index contributed by atoms with van der Waals surface area (Å²) in [7, 11) is 0. The van der Waals surface area contributed by atoms with Gasteiger partial charge in [-0.05, 0) is 17.7 Å². The number of carbonyl (C=O) groups excluding carboxylic acids is 1. The van der Waals surface area contributed by atoms with Gasteiger partial charge in [-0.15, -0.1) is 0 Å². The van der Waals surface area contributed by atoms with Crippen LogP contribution in [-0.2, 0) is 4.79 Å². The van der Waals surface area contributed by atoms with Crippen molar-refractivity contribution in [3.63, 3.8) is 0 Å². The first-order chi connectivity index (χ1) is 7.66. The van der Waals surface area contributed by atoms with Crippen LogP contribution in [0.2, 0.25) is 0 Å². The fourth-order valence-electron chi connectivity index (χ4n) is 1.63. The number of amides is 1. The second-order valence-corrected chi connectivity index (χ2v) is 3.68. The van der Waals surface area contributed by atoms with Crippen molar-refractivity contribution in [1.82, 2.24) is 0 Å². The highest BCUT2D eigenvalue weighted by molar-refractivity contribution is 5.74. The predicted octanol–water partition coefficient (Wildman–Crippen LogP) is 0.333. The Bertz CT molecular complexity index is 406. The molecule has 0 saturated carbocycles. The highest BCUT2D eigenvalue weighted by Gasteiger charge is 2.15. The number of benzene rings is 1. The van der Waals surface area contributed by atoms with Gasteiger partial charge in [0.1, 0.15) is 13.2 Å². The molecule has 0 fully saturated rings. The number of carbonyl (C=O) groups is 1. The highest BCUT2D eigenvalue weighted by atomic mass is 16.6. The minimum atomic E-state index is -0.414. The monoisotopic (exact) mass is 222 g/mol. The lowest BCUT2D eigenvalue weighted by atomic mass is 10.0. The Labute approximate surface area is 93.3 Å². The van der Waals surface area contributed by atoms with Crippen molar-refractivity contribution in [2.24, 2.45) is 11.5 Å². The zero-order valence-corrected chi connectivity index (χ0v) is 8.81. The summed E-state index contributed by atoms with van der Waals surface area (Å²) in [5, 5.41) is 0. The minimum Gasteiger partial charge on any atom is -0.486 e. The summed E-state index contributed by atoms with van der Waals surface area (Å²) in [4.78, 5) is 10.8. The fourth-order valence-corrected chi connectivity index (χ4v) is 1.63. The Kier molecular flexibility index (Phi) is 2.96. The average Bonchev–Trinajstić information content (AvgIpc) is 2.27. The van der Waals surface area contributed by atoms with Gasteiger partial charge in [0.2, 0.25) is 5.91 Å². The summed E-state index contributed by atoms with van der Waals surface area (Å²) < 4.78 is 10.8. The van der Waals surface area contributed by atoms with Crippen LogP contribution in [0.1, 0.15) is 18.0 Å². The van der Waals surface area contributed by atoms with Gasteiger partial charge in [0.25, 0.3) is 0 Å². The molecule has 0 radical (unpaired) electrons. The smallest absolute Gasteiger partial charge is 0.219 e. The Morgan fingerprint density at radius 1 is 1.31 bits per heavy atom. The van der Waals surface area contributed by atoms with E-state index in [1.807, 2.05) is 6.07 Å². The summed E-state index contributed by atoms with van der Waals surface area (Å²) in [5.74, 6) is 0.965. The molecule has 1 aliphatic rings. The quantitative estimate of drug-likeness (QED) is 0.771. The van der Waals surface area contributed by atoms with Gasteiger partial charge in [-0.2, -0.15) is 0 Å². The van der Waals surface area contributed by atoms with Crippen LogP contribution in [0.15, 0.2) is 18.2 Å². The number of rotatable bonds is 3. The lowest BCUT2D eigenvalue weighted by Crippen LogP contribution is -2.21. The molecule has 0 aromatic heterocycles. The van der Waals surface area contributed by atoms with E-state index in [2.05, 4.69) is 0 Å². The number of hydrogen-bond donors (Lipinski definition) is 2. The minimum absolute atomic E-state index is 0.125. The third-order valence-corrected chi connectivity index (χ3v) is 2.42. The molecule has 1 aromatic carbocycles. The molecule has 0 spiro atoms. The van der Waals surface area contributed by atoms with Gasteiger partial charge in [-0.3, -0.25) is 4.79 Å². The van der Waals surface area contributed by atoms with Crippen molar-refractivity contribution in [2.75, 3.05) is 13.2 Å². The number of fused-ring (bicyclic) bond motifs is 1. The molecular weight excluding hydrogens is 208 g/mol. The van der Waals surface area contributed by atoms with Gasteiger partial charge in [0.05, 0.1) is 0 Å². The molecule has 1 aromatic rings. The zero-order valence-electron chi connectivity index (χ0n) is 8.81. The Morgan fingerprint density at radius 2 is 2.00 bits per heavy atom. The van der Waals surface area contributed by atoms with E-state index in [0.717, 1.165) is 5.56 Å². The number of hydrogen-bond acceptors (Lipinski definition) is 4. The molecule has 16 heavy (non-hydrogen) atoms. The SMILES string of the molecule is NC(=O)C[C@@H](N)c1ccc2c(c1)OCCO2. The average molecular weight is 222 g/mol. The summed E-state index contributed by atoms with van der Waals surface area (Å²) in [5.41, 5.74) is 11.7. The molecule has 0 unspecified atom stereocenters. The first kappa shape index (κ1) is 10.8. The van der Waals surface area contributed by atoms with Crippen LogP contribution in [0.4, 0.5) is 0 Å². The molecule has 86 valence electrons. The number of nitrogens with two attached hydrogens (primary N) is 2. The van der Waals surface area contributed by atoms with Crippen LogP contribution in [0.3, 0.4) is 0 Å². The highest BCUT2D eigenvalue weighted by Crippen LogP contribution is 2.32. The van der Waals surface area contributed by atoms with E-state index in [0.29, 0.717) is 24.7 Å². The first-order valence-corrected chi connectivity index (χ1v) is 5.10.